The van der Waals surface area contributed by atoms with Gasteiger partial charge in [-0.2, -0.15) is 0 Å². The van der Waals surface area contributed by atoms with E-state index in [1.165, 1.54) is 40.9 Å². The van der Waals surface area contributed by atoms with E-state index in [1.54, 1.807) is 11.8 Å². The Labute approximate surface area is 261 Å². The maximum Gasteiger partial charge on any atom is 0.410 e. The summed E-state index contributed by atoms with van der Waals surface area (Å²) >= 11 is 1.48. The molecule has 0 aromatic heterocycles. The average Bonchev–Trinajstić information content (AvgIpc) is 3.42. The van der Waals surface area contributed by atoms with Crippen molar-refractivity contribution in [3.05, 3.63) is 62.8 Å². The first-order chi connectivity index (χ1) is 20.7. The van der Waals surface area contributed by atoms with Crippen molar-refractivity contribution in [3.8, 4) is 0 Å². The number of esters is 1. The summed E-state index contributed by atoms with van der Waals surface area (Å²) in [7, 11) is 0. The number of aliphatic hydroxyl groups excluding tert-OH is 1. The van der Waals surface area contributed by atoms with Crippen molar-refractivity contribution in [1.82, 2.24) is 14.7 Å². The van der Waals surface area contributed by atoms with Gasteiger partial charge in [-0.3, -0.25) is 14.9 Å². The number of nitrogens with zero attached hydrogens (tertiary/aromatic N) is 4. The van der Waals surface area contributed by atoms with Crippen molar-refractivity contribution in [3.63, 3.8) is 0 Å². The predicted octanol–water partition coefficient (Wildman–Crippen LogP) is 4.04. The molecule has 4 heterocycles. The maximum absolute atomic E-state index is 13.6. The second kappa shape index (κ2) is 12.4. The Kier molecular flexibility index (Phi) is 8.99. The number of carbonyl (C=O) groups is 3. The molecule has 0 radical (unpaired) electrons. The van der Waals surface area contributed by atoms with Crippen LogP contribution in [0.1, 0.15) is 53.0 Å². The Balaban J connectivity index is 1.37. The van der Waals surface area contributed by atoms with Gasteiger partial charge in [0, 0.05) is 47.8 Å². The number of benzene rings is 1. The zero-order chi connectivity index (χ0) is 31.9. The lowest BCUT2D eigenvalue weighted by Gasteiger charge is -2.46. The van der Waals surface area contributed by atoms with Crippen molar-refractivity contribution >= 4 is 35.4 Å². The van der Waals surface area contributed by atoms with Crippen LogP contribution >= 0.6 is 11.8 Å². The predicted molar refractivity (Wildman–Crippen MR) is 163 cm³/mol. The first-order valence-corrected chi connectivity index (χ1v) is 15.9. The number of β-lactam (4-membered cyclic amide) rings is 1. The summed E-state index contributed by atoms with van der Waals surface area (Å²) in [4.78, 5) is 56.5. The molecule has 6 atom stereocenters. The molecule has 4 aliphatic heterocycles. The fourth-order valence-corrected chi connectivity index (χ4v) is 7.65. The van der Waals surface area contributed by atoms with Crippen LogP contribution in [0.4, 0.5) is 10.5 Å². The number of nitro benzene ring substituents is 1. The highest BCUT2D eigenvalue weighted by Crippen LogP contribution is 2.52. The van der Waals surface area contributed by atoms with Crippen LogP contribution in [0.25, 0.3) is 0 Å². The van der Waals surface area contributed by atoms with Crippen molar-refractivity contribution in [2.75, 3.05) is 19.6 Å². The molecule has 1 aromatic carbocycles. The number of amides is 2. The van der Waals surface area contributed by atoms with Crippen LogP contribution in [0.2, 0.25) is 0 Å². The van der Waals surface area contributed by atoms with E-state index in [0.29, 0.717) is 23.4 Å². The monoisotopic (exact) mass is 628 g/mol. The highest BCUT2D eigenvalue weighted by Gasteiger charge is 2.60. The molecule has 2 amide bonds. The van der Waals surface area contributed by atoms with Crippen molar-refractivity contribution in [2.24, 2.45) is 11.8 Å². The minimum atomic E-state index is -0.877. The smallest absolute Gasteiger partial charge is 0.410 e. The van der Waals surface area contributed by atoms with Gasteiger partial charge >= 0.3 is 12.1 Å². The van der Waals surface area contributed by atoms with Gasteiger partial charge in [-0.1, -0.05) is 6.92 Å². The molecule has 0 bridgehead atoms. The van der Waals surface area contributed by atoms with Gasteiger partial charge in [0.05, 0.1) is 29.0 Å². The molecule has 13 heteroatoms. The number of thioether (sulfide) groups is 1. The Bertz CT molecular complexity index is 1370. The molecule has 0 saturated carbocycles. The first-order valence-electron chi connectivity index (χ1n) is 15.0. The molecule has 3 saturated heterocycles. The summed E-state index contributed by atoms with van der Waals surface area (Å²) in [5, 5.41) is 21.3. The Morgan fingerprint density at radius 2 is 1.91 bits per heavy atom. The summed E-state index contributed by atoms with van der Waals surface area (Å²) in [6, 6.07) is 5.15. The zero-order valence-electron chi connectivity index (χ0n) is 25.7. The Morgan fingerprint density at radius 3 is 2.48 bits per heavy atom. The Morgan fingerprint density at radius 1 is 1.23 bits per heavy atom. The summed E-state index contributed by atoms with van der Waals surface area (Å²) < 4.78 is 11.4. The Hall–Kier alpha value is -3.58. The molecule has 3 fully saturated rings. The number of rotatable bonds is 9. The molecule has 44 heavy (non-hydrogen) atoms. The van der Waals surface area contributed by atoms with Crippen LogP contribution in [-0.2, 0) is 25.7 Å². The largest absolute Gasteiger partial charge is 0.456 e. The van der Waals surface area contributed by atoms with Crippen LogP contribution in [0, 0.1) is 22.0 Å². The highest BCUT2D eigenvalue weighted by molar-refractivity contribution is 8.03. The van der Waals surface area contributed by atoms with Crippen molar-refractivity contribution < 1.29 is 33.9 Å². The number of hydrogen-bond acceptors (Lipinski definition) is 10. The molecular formula is C31H40N4O8S. The molecule has 4 aliphatic rings. The normalized spacial score (nSPS) is 27.3. The number of fused-ring (bicyclic) bond motifs is 1. The summed E-state index contributed by atoms with van der Waals surface area (Å²) in [6.07, 6.45) is 4.57. The molecule has 238 valence electrons. The lowest BCUT2D eigenvalue weighted by molar-refractivity contribution is -0.384. The van der Waals surface area contributed by atoms with Gasteiger partial charge in [-0.05, 0) is 70.5 Å². The van der Waals surface area contributed by atoms with E-state index in [9.17, 15) is 29.6 Å². The number of hydrogen-bond donors (Lipinski definition) is 1. The van der Waals surface area contributed by atoms with Crippen LogP contribution in [-0.4, -0.2) is 91.4 Å². The number of ether oxygens (including phenoxy) is 2. The van der Waals surface area contributed by atoms with Crippen molar-refractivity contribution in [2.45, 2.75) is 83.1 Å². The number of carbonyl (C=O) groups excluding carboxylic acids is 3. The highest BCUT2D eigenvalue weighted by atomic mass is 32.2. The van der Waals surface area contributed by atoms with E-state index in [0.717, 1.165) is 19.5 Å². The average molecular weight is 629 g/mol. The van der Waals surface area contributed by atoms with Gasteiger partial charge in [0.15, 0.2) is 0 Å². The molecule has 0 spiro atoms. The third-order valence-electron chi connectivity index (χ3n) is 8.46. The van der Waals surface area contributed by atoms with Crippen LogP contribution < -0.4 is 0 Å². The van der Waals surface area contributed by atoms with Gasteiger partial charge in [-0.15, -0.1) is 11.8 Å². The van der Waals surface area contributed by atoms with Crippen LogP contribution in [0.5, 0.6) is 0 Å². The standard InChI is InChI=1S/C31H40N4O8S/c1-18-25-24(19(2)36)28(37)34(25)26(29(38)42-17-20-7-9-21(10-8-20)35(40)41)27(18)44-23-15-22(11-14-32-12-6-13-32)33(16-23)30(39)43-31(3,4)5/h7-11,14,18-19,22-25,36H,6,12-13,15-17H2,1-5H3/b14-11+/t18-,19-,22-,23+,24-,25-/m1/s1. The second-order valence-electron chi connectivity index (χ2n) is 12.9. The number of likely N-dealkylation sites (tertiary alicyclic amines) is 2. The third-order valence-corrected chi connectivity index (χ3v) is 9.95. The molecule has 12 nitrogen and oxygen atoms in total. The van der Waals surface area contributed by atoms with Crippen molar-refractivity contribution in [1.29, 1.82) is 0 Å². The summed E-state index contributed by atoms with van der Waals surface area (Å²) in [6.45, 7) is 11.3. The quantitative estimate of drug-likeness (QED) is 0.184. The topological polar surface area (TPSA) is 143 Å². The van der Waals surface area contributed by atoms with E-state index in [-0.39, 0.29) is 47.2 Å². The minimum Gasteiger partial charge on any atom is -0.456 e. The molecular weight excluding hydrogens is 588 g/mol. The molecule has 0 aliphatic carbocycles. The van der Waals surface area contributed by atoms with Crippen LogP contribution in [0.15, 0.2) is 47.1 Å². The second-order valence-corrected chi connectivity index (χ2v) is 14.2. The summed E-state index contributed by atoms with van der Waals surface area (Å²) in [5.74, 6) is -1.86. The fraction of sp³-hybridized carbons (Fsp3) is 0.581. The van der Waals surface area contributed by atoms with Gasteiger partial charge in [0.2, 0.25) is 5.91 Å². The number of nitro groups is 1. The fourth-order valence-electron chi connectivity index (χ4n) is 6.11. The summed E-state index contributed by atoms with van der Waals surface area (Å²) in [5.41, 5.74) is 0.0118. The lowest BCUT2D eigenvalue weighted by Crippen LogP contribution is -2.63. The van der Waals surface area contributed by atoms with Crippen LogP contribution in [0.3, 0.4) is 0 Å². The molecule has 0 unspecified atom stereocenters. The SMILES string of the molecule is C[C@@H](O)[C@H]1C(=O)N2C(C(=O)OCc3ccc([N+](=O)[O-])cc3)=C(S[C@H]3C[C@@H](/C=C/N4CCC4)N(C(=O)OC(C)(C)C)C3)[C@H](C)[C@H]12. The lowest BCUT2D eigenvalue weighted by atomic mass is 9.79. The van der Waals surface area contributed by atoms with E-state index < -0.39 is 34.6 Å². The van der Waals surface area contributed by atoms with Gasteiger partial charge in [0.1, 0.15) is 17.9 Å². The van der Waals surface area contributed by atoms with Gasteiger partial charge < -0.3 is 29.3 Å². The molecule has 5 rings (SSSR count). The minimum absolute atomic E-state index is 0.0701. The van der Waals surface area contributed by atoms with Gasteiger partial charge in [-0.25, -0.2) is 9.59 Å². The molecule has 1 N–H and O–H groups in total. The maximum atomic E-state index is 13.6. The third kappa shape index (κ3) is 6.44. The van der Waals surface area contributed by atoms with E-state index in [4.69, 9.17) is 9.47 Å². The zero-order valence-corrected chi connectivity index (χ0v) is 26.5. The van der Waals surface area contributed by atoms with Gasteiger partial charge in [0.25, 0.3) is 5.69 Å². The van der Waals surface area contributed by atoms with E-state index in [2.05, 4.69) is 4.90 Å². The van der Waals surface area contributed by atoms with E-state index in [1.807, 2.05) is 40.0 Å². The number of aliphatic hydroxyl groups is 1. The van der Waals surface area contributed by atoms with E-state index >= 15 is 0 Å². The molecule has 1 aromatic rings. The number of non-ortho nitro benzene ring substituents is 1. The first kappa shape index (κ1) is 31.8.